The molecule has 1 aliphatic rings. The summed E-state index contributed by atoms with van der Waals surface area (Å²) >= 11 is 0. The predicted molar refractivity (Wildman–Crippen MR) is 79.0 cm³/mol. The summed E-state index contributed by atoms with van der Waals surface area (Å²) in [5.74, 6) is 0.845. The van der Waals surface area contributed by atoms with Gasteiger partial charge < -0.3 is 14.6 Å². The molecule has 0 aliphatic carbocycles. The molecule has 112 valence electrons. The van der Waals surface area contributed by atoms with Gasteiger partial charge in [0, 0.05) is 19.6 Å². The maximum atomic E-state index is 10.3. The molecule has 1 aromatic carbocycles. The van der Waals surface area contributed by atoms with Crippen LogP contribution in [-0.4, -0.2) is 48.5 Å². The molecule has 0 saturated carbocycles. The number of nitrogens with zero attached hydrogens (tertiary/aromatic N) is 1. The van der Waals surface area contributed by atoms with Crippen LogP contribution in [0.2, 0.25) is 0 Å². The molecule has 20 heavy (non-hydrogen) atoms. The number of aliphatic hydroxyl groups is 1. The van der Waals surface area contributed by atoms with Gasteiger partial charge in [0.15, 0.2) is 0 Å². The van der Waals surface area contributed by atoms with Gasteiger partial charge in [0.1, 0.15) is 5.75 Å². The highest BCUT2D eigenvalue weighted by molar-refractivity contribution is 5.28. The van der Waals surface area contributed by atoms with Gasteiger partial charge in [-0.3, -0.25) is 4.90 Å². The molecular weight excluding hydrogens is 254 g/mol. The predicted octanol–water partition coefficient (Wildman–Crippen LogP) is 2.23. The highest BCUT2D eigenvalue weighted by atomic mass is 16.5. The largest absolute Gasteiger partial charge is 0.494 e. The van der Waals surface area contributed by atoms with Crippen molar-refractivity contribution in [2.24, 2.45) is 0 Å². The van der Waals surface area contributed by atoms with Gasteiger partial charge in [-0.2, -0.15) is 0 Å². The Bertz CT molecular complexity index is 397. The van der Waals surface area contributed by atoms with Crippen molar-refractivity contribution in [1.82, 2.24) is 4.90 Å². The van der Waals surface area contributed by atoms with Gasteiger partial charge in [0.2, 0.25) is 0 Å². The minimum Gasteiger partial charge on any atom is -0.494 e. The lowest BCUT2D eigenvalue weighted by Gasteiger charge is -2.36. The average Bonchev–Trinajstić information content (AvgIpc) is 2.38. The highest BCUT2D eigenvalue weighted by Crippen LogP contribution is 2.20. The van der Waals surface area contributed by atoms with Gasteiger partial charge in [0.05, 0.1) is 24.9 Å². The van der Waals surface area contributed by atoms with Crippen LogP contribution in [0.15, 0.2) is 24.3 Å². The lowest BCUT2D eigenvalue weighted by molar-refractivity contribution is -0.0767. The molecular formula is C16H25NO3. The Kier molecular flexibility index (Phi) is 5.40. The van der Waals surface area contributed by atoms with E-state index in [-0.39, 0.29) is 12.2 Å². The van der Waals surface area contributed by atoms with Crippen LogP contribution >= 0.6 is 0 Å². The number of aliphatic hydroxyl groups excluding tert-OH is 1. The summed E-state index contributed by atoms with van der Waals surface area (Å²) in [4.78, 5) is 2.26. The zero-order chi connectivity index (χ0) is 14.5. The van der Waals surface area contributed by atoms with E-state index in [0.717, 1.165) is 24.4 Å². The second kappa shape index (κ2) is 7.07. The van der Waals surface area contributed by atoms with E-state index in [9.17, 15) is 5.11 Å². The van der Waals surface area contributed by atoms with Crippen molar-refractivity contribution < 1.29 is 14.6 Å². The third kappa shape index (κ3) is 4.20. The van der Waals surface area contributed by atoms with E-state index in [1.165, 1.54) is 0 Å². The van der Waals surface area contributed by atoms with Gasteiger partial charge in [-0.15, -0.1) is 0 Å². The zero-order valence-corrected chi connectivity index (χ0v) is 12.6. The Labute approximate surface area is 121 Å². The summed E-state index contributed by atoms with van der Waals surface area (Å²) in [6.07, 6.45) is -0.0132. The van der Waals surface area contributed by atoms with Gasteiger partial charge in [-0.25, -0.2) is 0 Å². The Morgan fingerprint density at radius 1 is 1.25 bits per heavy atom. The molecule has 1 fully saturated rings. The van der Waals surface area contributed by atoms with E-state index in [0.29, 0.717) is 13.2 Å². The summed E-state index contributed by atoms with van der Waals surface area (Å²) < 4.78 is 11.1. The number of benzene rings is 1. The first-order chi connectivity index (χ1) is 9.58. The first-order valence-electron chi connectivity index (χ1n) is 7.37. The van der Waals surface area contributed by atoms with Crippen molar-refractivity contribution >= 4 is 0 Å². The van der Waals surface area contributed by atoms with Crippen LogP contribution in [0, 0.1) is 0 Å². The van der Waals surface area contributed by atoms with Crippen molar-refractivity contribution in [3.05, 3.63) is 29.8 Å². The lowest BCUT2D eigenvalue weighted by Crippen LogP contribution is -2.46. The number of rotatable bonds is 5. The van der Waals surface area contributed by atoms with E-state index in [2.05, 4.69) is 18.7 Å². The van der Waals surface area contributed by atoms with Crippen LogP contribution in [0.3, 0.4) is 0 Å². The fourth-order valence-corrected chi connectivity index (χ4v) is 2.74. The summed E-state index contributed by atoms with van der Waals surface area (Å²) in [5, 5.41) is 10.3. The second-order valence-electron chi connectivity index (χ2n) is 5.49. The van der Waals surface area contributed by atoms with Crippen LogP contribution in [0.25, 0.3) is 0 Å². The molecule has 1 unspecified atom stereocenters. The van der Waals surface area contributed by atoms with Gasteiger partial charge in [0.25, 0.3) is 0 Å². The Morgan fingerprint density at radius 3 is 2.40 bits per heavy atom. The smallest absolute Gasteiger partial charge is 0.119 e. The van der Waals surface area contributed by atoms with Crippen LogP contribution in [-0.2, 0) is 4.74 Å². The highest BCUT2D eigenvalue weighted by Gasteiger charge is 2.24. The van der Waals surface area contributed by atoms with Crippen molar-refractivity contribution in [3.8, 4) is 5.75 Å². The number of β-amino-alcohol motifs (C(OH)–C–C–N with tert-alkyl or cyclic N) is 1. The van der Waals surface area contributed by atoms with Crippen LogP contribution in [0.4, 0.5) is 0 Å². The molecule has 4 nitrogen and oxygen atoms in total. The minimum absolute atomic E-state index is 0.228. The number of hydrogen-bond acceptors (Lipinski definition) is 4. The Morgan fingerprint density at radius 2 is 1.85 bits per heavy atom. The first-order valence-corrected chi connectivity index (χ1v) is 7.37. The molecule has 4 heteroatoms. The van der Waals surface area contributed by atoms with Gasteiger partial charge in [-0.1, -0.05) is 12.1 Å². The number of ether oxygens (including phenoxy) is 2. The second-order valence-corrected chi connectivity index (χ2v) is 5.49. The summed E-state index contributed by atoms with van der Waals surface area (Å²) in [6, 6.07) is 7.69. The maximum Gasteiger partial charge on any atom is 0.119 e. The number of hydrogen-bond donors (Lipinski definition) is 1. The summed E-state index contributed by atoms with van der Waals surface area (Å²) in [6.45, 7) is 9.16. The molecule has 0 radical (unpaired) electrons. The quantitative estimate of drug-likeness (QED) is 0.897. The Hall–Kier alpha value is -1.10. The van der Waals surface area contributed by atoms with Gasteiger partial charge >= 0.3 is 0 Å². The monoisotopic (exact) mass is 279 g/mol. The third-order valence-electron chi connectivity index (χ3n) is 3.50. The molecule has 1 aliphatic heterocycles. The molecule has 1 N–H and O–H groups in total. The molecule has 3 atom stereocenters. The average molecular weight is 279 g/mol. The van der Waals surface area contributed by atoms with E-state index < -0.39 is 6.10 Å². The standard InChI is InChI=1S/C16H25NO3/c1-4-19-15-7-5-14(6-8-15)16(18)11-17-9-12(2)20-13(3)10-17/h5-8,12-13,16,18H,4,9-11H2,1-3H3/t12-,13+,16?. The van der Waals surface area contributed by atoms with Crippen molar-refractivity contribution in [1.29, 1.82) is 0 Å². The first kappa shape index (κ1) is 15.3. The fraction of sp³-hybridized carbons (Fsp3) is 0.625. The van der Waals surface area contributed by atoms with E-state index in [4.69, 9.17) is 9.47 Å². The SMILES string of the molecule is CCOc1ccc(C(O)CN2C[C@@H](C)O[C@@H](C)C2)cc1. The summed E-state index contributed by atoms with van der Waals surface area (Å²) in [5.41, 5.74) is 0.931. The van der Waals surface area contributed by atoms with E-state index in [1.54, 1.807) is 0 Å². The summed E-state index contributed by atoms with van der Waals surface area (Å²) in [7, 11) is 0. The molecule has 0 aromatic heterocycles. The number of morpholine rings is 1. The molecule has 1 heterocycles. The van der Waals surface area contributed by atoms with Crippen molar-refractivity contribution in [2.45, 2.75) is 39.1 Å². The van der Waals surface area contributed by atoms with Crippen LogP contribution < -0.4 is 4.74 Å². The molecule has 0 bridgehead atoms. The lowest BCUT2D eigenvalue weighted by atomic mass is 10.1. The van der Waals surface area contributed by atoms with E-state index >= 15 is 0 Å². The van der Waals surface area contributed by atoms with Crippen LogP contribution in [0.1, 0.15) is 32.4 Å². The van der Waals surface area contributed by atoms with Crippen molar-refractivity contribution in [2.75, 3.05) is 26.2 Å². The molecule has 0 spiro atoms. The van der Waals surface area contributed by atoms with E-state index in [1.807, 2.05) is 31.2 Å². The zero-order valence-electron chi connectivity index (χ0n) is 12.6. The fourth-order valence-electron chi connectivity index (χ4n) is 2.74. The van der Waals surface area contributed by atoms with Crippen LogP contribution in [0.5, 0.6) is 5.75 Å². The normalized spacial score (nSPS) is 25.4. The van der Waals surface area contributed by atoms with Crippen molar-refractivity contribution in [3.63, 3.8) is 0 Å². The Balaban J connectivity index is 1.92. The molecule has 2 rings (SSSR count). The third-order valence-corrected chi connectivity index (χ3v) is 3.50. The molecule has 1 saturated heterocycles. The molecule has 1 aromatic rings. The minimum atomic E-state index is -0.469. The van der Waals surface area contributed by atoms with Gasteiger partial charge in [-0.05, 0) is 38.5 Å². The maximum absolute atomic E-state index is 10.3. The molecule has 0 amide bonds. The topological polar surface area (TPSA) is 41.9 Å².